The van der Waals surface area contributed by atoms with E-state index in [2.05, 4.69) is 10.6 Å². The van der Waals surface area contributed by atoms with Crippen LogP contribution in [0, 0.1) is 0 Å². The lowest BCUT2D eigenvalue weighted by molar-refractivity contribution is -0.117. The summed E-state index contributed by atoms with van der Waals surface area (Å²) in [6, 6.07) is 7.02. The lowest BCUT2D eigenvalue weighted by Gasteiger charge is -2.19. The molecule has 22 heavy (non-hydrogen) atoms. The van der Waals surface area contributed by atoms with E-state index in [4.69, 9.17) is 0 Å². The van der Waals surface area contributed by atoms with Gasteiger partial charge in [-0.05, 0) is 51.4 Å². The van der Waals surface area contributed by atoms with E-state index in [-0.39, 0.29) is 30.3 Å². The third-order valence-corrected chi connectivity index (χ3v) is 3.80. The van der Waals surface area contributed by atoms with Crippen LogP contribution in [0.25, 0.3) is 0 Å². The van der Waals surface area contributed by atoms with Gasteiger partial charge in [0.15, 0.2) is 0 Å². The van der Waals surface area contributed by atoms with Gasteiger partial charge in [0.1, 0.15) is 0 Å². The topological polar surface area (TPSA) is 61.4 Å². The molecule has 1 saturated heterocycles. The summed E-state index contributed by atoms with van der Waals surface area (Å²) in [5.41, 5.74) is 1.28. The molecule has 1 aliphatic heterocycles. The van der Waals surface area contributed by atoms with Crippen LogP contribution >= 0.6 is 12.4 Å². The SMILES string of the molecule is CCN(CC)C(=O)c1cccc(NC(=O)C2CCCN2)c1.Cl. The number of anilines is 1. The molecule has 1 aliphatic rings. The molecule has 2 N–H and O–H groups in total. The Bertz CT molecular complexity index is 512. The van der Waals surface area contributed by atoms with Crippen LogP contribution in [0.15, 0.2) is 24.3 Å². The van der Waals surface area contributed by atoms with Crippen molar-refractivity contribution in [2.24, 2.45) is 0 Å². The highest BCUT2D eigenvalue weighted by Crippen LogP contribution is 2.14. The van der Waals surface area contributed by atoms with Gasteiger partial charge in [-0.1, -0.05) is 6.07 Å². The Morgan fingerprint density at radius 2 is 2.05 bits per heavy atom. The van der Waals surface area contributed by atoms with Crippen LogP contribution in [0.3, 0.4) is 0 Å². The number of carbonyl (C=O) groups is 2. The predicted octanol–water partition coefficient (Wildman–Crippen LogP) is 2.28. The second-order valence-corrected chi connectivity index (χ2v) is 5.20. The van der Waals surface area contributed by atoms with Crippen molar-refractivity contribution in [3.8, 4) is 0 Å². The van der Waals surface area contributed by atoms with Crippen molar-refractivity contribution in [1.29, 1.82) is 0 Å². The van der Waals surface area contributed by atoms with Crippen molar-refractivity contribution in [1.82, 2.24) is 10.2 Å². The highest BCUT2D eigenvalue weighted by molar-refractivity contribution is 5.98. The number of nitrogens with zero attached hydrogens (tertiary/aromatic N) is 1. The number of amides is 2. The molecule has 0 bridgehead atoms. The van der Waals surface area contributed by atoms with Crippen molar-refractivity contribution >= 4 is 29.9 Å². The van der Waals surface area contributed by atoms with E-state index < -0.39 is 0 Å². The number of halogens is 1. The first-order chi connectivity index (χ1) is 10.2. The maximum atomic E-state index is 12.3. The molecule has 1 aromatic rings. The second kappa shape index (κ2) is 8.76. The van der Waals surface area contributed by atoms with E-state index in [1.807, 2.05) is 19.9 Å². The Hall–Kier alpha value is -1.59. The van der Waals surface area contributed by atoms with Gasteiger partial charge in [-0.25, -0.2) is 0 Å². The summed E-state index contributed by atoms with van der Waals surface area (Å²) in [7, 11) is 0. The van der Waals surface area contributed by atoms with Crippen molar-refractivity contribution < 1.29 is 9.59 Å². The lowest BCUT2D eigenvalue weighted by atomic mass is 10.1. The highest BCUT2D eigenvalue weighted by Gasteiger charge is 2.22. The molecule has 1 atom stereocenters. The second-order valence-electron chi connectivity index (χ2n) is 5.20. The number of carbonyl (C=O) groups excluding carboxylic acids is 2. The molecular formula is C16H24ClN3O2. The third-order valence-electron chi connectivity index (χ3n) is 3.80. The first-order valence-electron chi connectivity index (χ1n) is 7.59. The van der Waals surface area contributed by atoms with E-state index in [9.17, 15) is 9.59 Å². The van der Waals surface area contributed by atoms with E-state index in [1.54, 1.807) is 23.1 Å². The van der Waals surface area contributed by atoms with E-state index in [1.165, 1.54) is 0 Å². The number of rotatable bonds is 5. The minimum Gasteiger partial charge on any atom is -0.339 e. The molecule has 1 fully saturated rings. The van der Waals surface area contributed by atoms with Crippen molar-refractivity contribution in [2.45, 2.75) is 32.7 Å². The Balaban J connectivity index is 0.00000242. The van der Waals surface area contributed by atoms with Crippen LogP contribution < -0.4 is 10.6 Å². The molecule has 122 valence electrons. The van der Waals surface area contributed by atoms with Gasteiger partial charge in [-0.3, -0.25) is 9.59 Å². The Kier molecular flexibility index (Phi) is 7.35. The zero-order valence-corrected chi connectivity index (χ0v) is 13.9. The van der Waals surface area contributed by atoms with Crippen LogP contribution in [0.4, 0.5) is 5.69 Å². The molecule has 0 aromatic heterocycles. The zero-order chi connectivity index (χ0) is 15.2. The van der Waals surface area contributed by atoms with Gasteiger partial charge in [-0.15, -0.1) is 12.4 Å². The molecule has 5 nitrogen and oxygen atoms in total. The summed E-state index contributed by atoms with van der Waals surface area (Å²) in [4.78, 5) is 26.1. The molecular weight excluding hydrogens is 302 g/mol. The fourth-order valence-electron chi connectivity index (χ4n) is 2.56. The molecule has 1 unspecified atom stereocenters. The minimum absolute atomic E-state index is 0. The van der Waals surface area contributed by atoms with Gasteiger partial charge in [0.25, 0.3) is 5.91 Å². The van der Waals surface area contributed by atoms with E-state index >= 15 is 0 Å². The maximum Gasteiger partial charge on any atom is 0.253 e. The molecule has 2 amide bonds. The number of hydrogen-bond acceptors (Lipinski definition) is 3. The summed E-state index contributed by atoms with van der Waals surface area (Å²) in [6.07, 6.45) is 1.89. The van der Waals surface area contributed by atoms with Crippen LogP contribution in [-0.2, 0) is 4.79 Å². The summed E-state index contributed by atoms with van der Waals surface area (Å²) in [6.45, 7) is 6.16. The van der Waals surface area contributed by atoms with E-state index in [0.29, 0.717) is 24.3 Å². The summed E-state index contributed by atoms with van der Waals surface area (Å²) < 4.78 is 0. The summed E-state index contributed by atoms with van der Waals surface area (Å²) in [5, 5.41) is 6.05. The fraction of sp³-hybridized carbons (Fsp3) is 0.500. The monoisotopic (exact) mass is 325 g/mol. The molecule has 0 aliphatic carbocycles. The van der Waals surface area contributed by atoms with Gasteiger partial charge < -0.3 is 15.5 Å². The normalized spacial score (nSPS) is 16.7. The van der Waals surface area contributed by atoms with Gasteiger partial charge in [-0.2, -0.15) is 0 Å². The van der Waals surface area contributed by atoms with Crippen molar-refractivity contribution in [3.63, 3.8) is 0 Å². The predicted molar refractivity (Wildman–Crippen MR) is 90.6 cm³/mol. The number of benzene rings is 1. The number of nitrogens with one attached hydrogen (secondary N) is 2. The highest BCUT2D eigenvalue weighted by atomic mass is 35.5. The smallest absolute Gasteiger partial charge is 0.253 e. The average Bonchev–Trinajstić information content (AvgIpc) is 3.03. The van der Waals surface area contributed by atoms with Crippen LogP contribution in [0.5, 0.6) is 0 Å². The maximum absolute atomic E-state index is 12.3. The molecule has 1 aromatic carbocycles. The Labute approximate surface area is 137 Å². The summed E-state index contributed by atoms with van der Waals surface area (Å²) in [5.74, 6) is -0.0324. The molecule has 0 spiro atoms. The number of hydrogen-bond donors (Lipinski definition) is 2. The quantitative estimate of drug-likeness (QED) is 0.873. The Morgan fingerprint density at radius 1 is 1.32 bits per heavy atom. The van der Waals surface area contributed by atoms with Gasteiger partial charge in [0.05, 0.1) is 6.04 Å². The van der Waals surface area contributed by atoms with Gasteiger partial charge in [0.2, 0.25) is 5.91 Å². The van der Waals surface area contributed by atoms with E-state index in [0.717, 1.165) is 19.4 Å². The average molecular weight is 326 g/mol. The molecule has 6 heteroatoms. The van der Waals surface area contributed by atoms with Gasteiger partial charge >= 0.3 is 0 Å². The largest absolute Gasteiger partial charge is 0.339 e. The third kappa shape index (κ3) is 4.45. The standard InChI is InChI=1S/C16H23N3O2.ClH/c1-3-19(4-2)16(21)12-7-5-8-13(11-12)18-15(20)14-9-6-10-17-14;/h5,7-8,11,14,17H,3-4,6,9-10H2,1-2H3,(H,18,20);1H. The summed E-state index contributed by atoms with van der Waals surface area (Å²) >= 11 is 0. The first-order valence-corrected chi connectivity index (χ1v) is 7.59. The molecule has 0 radical (unpaired) electrons. The van der Waals surface area contributed by atoms with Gasteiger partial charge in [0, 0.05) is 24.3 Å². The first kappa shape index (κ1) is 18.5. The molecule has 0 saturated carbocycles. The van der Waals surface area contributed by atoms with Crippen LogP contribution in [0.2, 0.25) is 0 Å². The zero-order valence-electron chi connectivity index (χ0n) is 13.1. The Morgan fingerprint density at radius 3 is 2.64 bits per heavy atom. The van der Waals surface area contributed by atoms with Crippen LogP contribution in [0.1, 0.15) is 37.0 Å². The van der Waals surface area contributed by atoms with Crippen LogP contribution in [-0.4, -0.2) is 42.4 Å². The lowest BCUT2D eigenvalue weighted by Crippen LogP contribution is -2.35. The minimum atomic E-state index is -0.118. The van der Waals surface area contributed by atoms with Crippen molar-refractivity contribution in [2.75, 3.05) is 25.0 Å². The molecule has 1 heterocycles. The molecule has 2 rings (SSSR count). The fourth-order valence-corrected chi connectivity index (χ4v) is 2.56. The van der Waals surface area contributed by atoms with Crippen molar-refractivity contribution in [3.05, 3.63) is 29.8 Å².